The average Bonchev–Trinajstić information content (AvgIpc) is 3.28. The lowest BCUT2D eigenvalue weighted by molar-refractivity contribution is 0.503. The summed E-state index contributed by atoms with van der Waals surface area (Å²) in [4.78, 5) is 8.84. The molecule has 5 nitrogen and oxygen atoms in total. The fraction of sp³-hybridized carbons (Fsp3) is 0.500. The van der Waals surface area contributed by atoms with Gasteiger partial charge in [-0.15, -0.1) is 0 Å². The third kappa shape index (κ3) is 4.47. The molecule has 1 fully saturated rings. The normalized spacial score (nSPS) is 16.0. The van der Waals surface area contributed by atoms with Crippen molar-refractivity contribution in [3.63, 3.8) is 0 Å². The minimum absolute atomic E-state index is 0.216. The molecule has 6 heteroatoms. The summed E-state index contributed by atoms with van der Waals surface area (Å²) in [6.45, 7) is 6.97. The summed E-state index contributed by atoms with van der Waals surface area (Å²) >= 11 is 3.70. The van der Waals surface area contributed by atoms with Gasteiger partial charge in [-0.05, 0) is 30.4 Å². The number of benzene rings is 1. The van der Waals surface area contributed by atoms with Crippen LogP contribution < -0.4 is 10.6 Å². The molecule has 1 saturated carbocycles. The minimum atomic E-state index is 0.216. The van der Waals surface area contributed by atoms with Crippen LogP contribution in [0.2, 0.25) is 0 Å². The van der Waals surface area contributed by atoms with Crippen LogP contribution in [0.3, 0.4) is 0 Å². The molecule has 26 heavy (non-hydrogen) atoms. The van der Waals surface area contributed by atoms with Gasteiger partial charge in [-0.1, -0.05) is 48.0 Å². The van der Waals surface area contributed by atoms with Gasteiger partial charge in [0, 0.05) is 42.4 Å². The van der Waals surface area contributed by atoms with Crippen LogP contribution >= 0.6 is 15.9 Å². The van der Waals surface area contributed by atoms with Crippen molar-refractivity contribution in [3.05, 3.63) is 52.5 Å². The lowest BCUT2D eigenvalue weighted by atomic mass is 9.96. The van der Waals surface area contributed by atoms with E-state index in [1.807, 2.05) is 19.4 Å². The van der Waals surface area contributed by atoms with E-state index in [0.717, 1.165) is 24.9 Å². The molecular weight excluding hydrogens is 390 g/mol. The molecule has 1 heterocycles. The minimum Gasteiger partial charge on any atom is -0.356 e. The van der Waals surface area contributed by atoms with Crippen LogP contribution in [-0.4, -0.2) is 29.1 Å². The Kier molecular flexibility index (Phi) is 6.01. The zero-order valence-electron chi connectivity index (χ0n) is 15.8. The van der Waals surface area contributed by atoms with Crippen LogP contribution in [0.15, 0.2) is 46.1 Å². The number of nitrogens with zero attached hydrogens (tertiary/aromatic N) is 3. The average molecular weight is 418 g/mol. The second-order valence-corrected chi connectivity index (χ2v) is 8.28. The molecule has 3 rings (SSSR count). The Bertz CT molecular complexity index is 761. The quantitative estimate of drug-likeness (QED) is 0.533. The summed E-state index contributed by atoms with van der Waals surface area (Å²) in [5.41, 5.74) is 1.60. The van der Waals surface area contributed by atoms with Gasteiger partial charge in [0.2, 0.25) is 0 Å². The molecule has 140 valence electrons. The maximum atomic E-state index is 4.47. The number of hydrogen-bond donors (Lipinski definition) is 2. The van der Waals surface area contributed by atoms with Gasteiger partial charge in [0.25, 0.3) is 0 Å². The van der Waals surface area contributed by atoms with Gasteiger partial charge in [-0.25, -0.2) is 4.98 Å². The van der Waals surface area contributed by atoms with Gasteiger partial charge in [0.15, 0.2) is 5.96 Å². The fourth-order valence-electron chi connectivity index (χ4n) is 3.29. The van der Waals surface area contributed by atoms with Gasteiger partial charge in [0.05, 0.1) is 6.54 Å². The van der Waals surface area contributed by atoms with Crippen molar-refractivity contribution in [2.24, 2.45) is 10.9 Å². The first-order chi connectivity index (χ1) is 12.5. The number of aliphatic imine (C=N–C) groups is 1. The Morgan fingerprint density at radius 3 is 2.73 bits per heavy atom. The van der Waals surface area contributed by atoms with Gasteiger partial charge < -0.3 is 15.2 Å². The lowest BCUT2D eigenvalue weighted by Gasteiger charge is -2.20. The smallest absolute Gasteiger partial charge is 0.191 e. The topological polar surface area (TPSA) is 54.2 Å². The molecule has 1 aliphatic rings. The van der Waals surface area contributed by atoms with Crippen LogP contribution in [0.5, 0.6) is 0 Å². The molecule has 1 aliphatic carbocycles. The van der Waals surface area contributed by atoms with Crippen molar-refractivity contribution in [2.75, 3.05) is 13.6 Å². The fourth-order valence-corrected chi connectivity index (χ4v) is 3.99. The largest absolute Gasteiger partial charge is 0.356 e. The van der Waals surface area contributed by atoms with E-state index in [0.29, 0.717) is 12.5 Å². The number of nitrogens with one attached hydrogen (secondary N) is 2. The molecule has 0 saturated heterocycles. The second-order valence-electron chi connectivity index (χ2n) is 7.43. The number of hydrogen-bond acceptors (Lipinski definition) is 2. The highest BCUT2D eigenvalue weighted by Gasteiger charge is 2.45. The highest BCUT2D eigenvalue weighted by Crippen LogP contribution is 2.49. The summed E-state index contributed by atoms with van der Waals surface area (Å²) in [5, 5.41) is 6.90. The maximum Gasteiger partial charge on any atom is 0.191 e. The highest BCUT2D eigenvalue weighted by molar-refractivity contribution is 9.10. The Labute approximate surface area is 164 Å². The molecular formula is C20H28BrN5. The summed E-state index contributed by atoms with van der Waals surface area (Å²) < 4.78 is 3.40. The number of imidazole rings is 1. The van der Waals surface area contributed by atoms with Crippen molar-refractivity contribution < 1.29 is 0 Å². The SMILES string of the molecule is CN=C(NCc1nccn1CC(C)C)NCC1(c2ccccc2Br)CC1. The standard InChI is InChI=1S/C20H28BrN5/c1-15(2)13-26-11-10-23-18(26)12-24-19(22-3)25-14-20(8-9-20)16-6-4-5-7-17(16)21/h4-7,10-11,15H,8-9,12-14H2,1-3H3,(H2,22,24,25). The van der Waals surface area contributed by atoms with Crippen molar-refractivity contribution in [1.29, 1.82) is 0 Å². The third-order valence-corrected chi connectivity index (χ3v) is 5.59. The Balaban J connectivity index is 1.56. The molecule has 2 aromatic rings. The number of halogens is 1. The van der Waals surface area contributed by atoms with Crippen LogP contribution in [0, 0.1) is 5.92 Å². The van der Waals surface area contributed by atoms with Crippen molar-refractivity contribution in [3.8, 4) is 0 Å². The predicted octanol–water partition coefficient (Wildman–Crippen LogP) is 3.70. The number of aromatic nitrogens is 2. The number of guanidine groups is 1. The first-order valence-corrected chi connectivity index (χ1v) is 10.0. The zero-order chi connectivity index (χ0) is 18.6. The summed E-state index contributed by atoms with van der Waals surface area (Å²) in [6.07, 6.45) is 6.32. The van der Waals surface area contributed by atoms with Crippen molar-refractivity contribution in [2.45, 2.75) is 45.2 Å². The summed E-state index contributed by atoms with van der Waals surface area (Å²) in [7, 11) is 1.81. The van der Waals surface area contributed by atoms with Crippen LogP contribution in [0.25, 0.3) is 0 Å². The Morgan fingerprint density at radius 1 is 1.31 bits per heavy atom. The van der Waals surface area contributed by atoms with E-state index in [9.17, 15) is 0 Å². The lowest BCUT2D eigenvalue weighted by Crippen LogP contribution is -2.41. The molecule has 0 radical (unpaired) electrons. The van der Waals surface area contributed by atoms with E-state index in [4.69, 9.17) is 0 Å². The highest BCUT2D eigenvalue weighted by atomic mass is 79.9. The Hall–Kier alpha value is -1.82. The molecule has 0 atom stereocenters. The second kappa shape index (κ2) is 8.25. The molecule has 0 bridgehead atoms. The van der Waals surface area contributed by atoms with Gasteiger partial charge in [0.1, 0.15) is 5.82 Å². The van der Waals surface area contributed by atoms with Gasteiger partial charge in [-0.3, -0.25) is 4.99 Å². The van der Waals surface area contributed by atoms with E-state index >= 15 is 0 Å². The predicted molar refractivity (Wildman–Crippen MR) is 110 cm³/mol. The van der Waals surface area contributed by atoms with E-state index < -0.39 is 0 Å². The molecule has 2 N–H and O–H groups in total. The molecule has 1 aromatic heterocycles. The number of rotatable bonds is 7. The molecule has 0 spiro atoms. The first kappa shape index (κ1) is 19.0. The van der Waals surface area contributed by atoms with E-state index in [1.54, 1.807) is 0 Å². The van der Waals surface area contributed by atoms with Crippen molar-refractivity contribution >= 4 is 21.9 Å². The van der Waals surface area contributed by atoms with Gasteiger partial charge in [-0.2, -0.15) is 0 Å². The molecule has 0 amide bonds. The monoisotopic (exact) mass is 417 g/mol. The molecule has 0 unspecified atom stereocenters. The van der Waals surface area contributed by atoms with Crippen LogP contribution in [-0.2, 0) is 18.5 Å². The third-order valence-electron chi connectivity index (χ3n) is 4.89. The first-order valence-electron chi connectivity index (χ1n) is 9.23. The molecule has 1 aromatic carbocycles. The van der Waals surface area contributed by atoms with Crippen LogP contribution in [0.4, 0.5) is 0 Å². The Morgan fingerprint density at radius 2 is 2.08 bits per heavy atom. The summed E-state index contributed by atoms with van der Waals surface area (Å²) in [5.74, 6) is 2.45. The maximum absolute atomic E-state index is 4.47. The van der Waals surface area contributed by atoms with E-state index in [1.165, 1.54) is 22.9 Å². The van der Waals surface area contributed by atoms with Crippen molar-refractivity contribution in [1.82, 2.24) is 20.2 Å². The zero-order valence-corrected chi connectivity index (χ0v) is 17.4. The van der Waals surface area contributed by atoms with E-state index in [2.05, 4.69) is 79.2 Å². The van der Waals surface area contributed by atoms with Gasteiger partial charge >= 0.3 is 0 Å². The summed E-state index contributed by atoms with van der Waals surface area (Å²) in [6, 6.07) is 8.52. The molecule has 0 aliphatic heterocycles. The van der Waals surface area contributed by atoms with Crippen LogP contribution in [0.1, 0.15) is 38.1 Å². The van der Waals surface area contributed by atoms with E-state index in [-0.39, 0.29) is 5.41 Å².